The third-order valence-electron chi connectivity index (χ3n) is 4.36. The van der Waals surface area contributed by atoms with E-state index in [-0.39, 0.29) is 26.2 Å². The van der Waals surface area contributed by atoms with Crippen LogP contribution in [-0.2, 0) is 14.9 Å². The first-order chi connectivity index (χ1) is 13.5. The maximum absolute atomic E-state index is 13.0. The fraction of sp³-hybridized carbons (Fsp3) is 0.0526. The summed E-state index contributed by atoms with van der Waals surface area (Å²) in [6, 6.07) is 11.6. The van der Waals surface area contributed by atoms with E-state index in [9.17, 15) is 23.2 Å². The fourth-order valence-corrected chi connectivity index (χ4v) is 5.98. The quantitative estimate of drug-likeness (QED) is 0.311. The molecule has 0 amide bonds. The van der Waals surface area contributed by atoms with Gasteiger partial charge >= 0.3 is 0 Å². The predicted molar refractivity (Wildman–Crippen MR) is 114 cm³/mol. The van der Waals surface area contributed by atoms with Crippen molar-refractivity contribution in [1.29, 1.82) is 0 Å². The maximum atomic E-state index is 13.0. The van der Waals surface area contributed by atoms with Gasteiger partial charge in [0.1, 0.15) is 11.5 Å². The standard InChI is InChI=1S/C19H12Cl4O5S/c20-11-6-4-10(5-7-11)19(29(26,27)28,17-13(21)2-1-3-14(17)22)18-15(23)8-12(24)9-16(18)25/h1-9,24-25H,(H,26,27,28). The van der Waals surface area contributed by atoms with E-state index in [0.29, 0.717) is 5.02 Å². The summed E-state index contributed by atoms with van der Waals surface area (Å²) in [5.74, 6) is -1.11. The second-order valence-electron chi connectivity index (χ2n) is 6.08. The van der Waals surface area contributed by atoms with Crippen LogP contribution < -0.4 is 0 Å². The summed E-state index contributed by atoms with van der Waals surface area (Å²) in [6.07, 6.45) is 0. The van der Waals surface area contributed by atoms with Gasteiger partial charge in [-0.3, -0.25) is 4.55 Å². The molecule has 3 rings (SSSR count). The van der Waals surface area contributed by atoms with Gasteiger partial charge in [-0.1, -0.05) is 64.6 Å². The monoisotopic (exact) mass is 492 g/mol. The predicted octanol–water partition coefficient (Wildman–Crippen LogP) is 5.89. The number of rotatable bonds is 4. The van der Waals surface area contributed by atoms with E-state index in [0.717, 1.165) is 12.1 Å². The van der Waals surface area contributed by atoms with Crippen molar-refractivity contribution < 1.29 is 23.2 Å². The van der Waals surface area contributed by atoms with E-state index < -0.39 is 31.9 Å². The first-order valence-corrected chi connectivity index (χ1v) is 10.8. The molecule has 5 nitrogen and oxygen atoms in total. The van der Waals surface area contributed by atoms with E-state index in [1.165, 1.54) is 42.5 Å². The topological polar surface area (TPSA) is 94.8 Å². The molecule has 0 fully saturated rings. The molecule has 3 aromatic rings. The van der Waals surface area contributed by atoms with Crippen LogP contribution in [0.1, 0.15) is 16.7 Å². The SMILES string of the molecule is O=S(=O)(O)C(c1ccc(Cl)cc1)(c1c(O)cc(O)cc1Cl)c1c(Cl)cccc1Cl. The van der Waals surface area contributed by atoms with Crippen LogP contribution in [0.3, 0.4) is 0 Å². The Balaban J connectivity index is 2.66. The third-order valence-corrected chi connectivity index (χ3v) is 6.96. The molecular formula is C19H12Cl4O5S. The van der Waals surface area contributed by atoms with Gasteiger partial charge in [0, 0.05) is 32.3 Å². The van der Waals surface area contributed by atoms with Gasteiger partial charge in [-0.2, -0.15) is 8.42 Å². The normalized spacial score (nSPS) is 13.8. The summed E-state index contributed by atoms with van der Waals surface area (Å²) in [7, 11) is -5.14. The van der Waals surface area contributed by atoms with Crippen LogP contribution in [-0.4, -0.2) is 23.2 Å². The van der Waals surface area contributed by atoms with Crippen molar-refractivity contribution in [3.63, 3.8) is 0 Å². The summed E-state index contributed by atoms with van der Waals surface area (Å²) < 4.78 is 34.0. The van der Waals surface area contributed by atoms with Gasteiger partial charge in [-0.25, -0.2) is 0 Å². The summed E-state index contributed by atoms with van der Waals surface area (Å²) >= 11 is 24.8. The zero-order valence-corrected chi connectivity index (χ0v) is 18.1. The van der Waals surface area contributed by atoms with E-state index in [1.807, 2.05) is 0 Å². The molecule has 0 radical (unpaired) electrons. The smallest absolute Gasteiger partial charge is 0.283 e. The molecule has 0 heterocycles. The summed E-state index contributed by atoms with van der Waals surface area (Å²) in [5, 5.41) is 20.1. The Morgan fingerprint density at radius 1 is 0.759 bits per heavy atom. The highest BCUT2D eigenvalue weighted by Gasteiger charge is 2.53. The summed E-state index contributed by atoms with van der Waals surface area (Å²) in [5.41, 5.74) is -0.699. The molecule has 0 aliphatic carbocycles. The lowest BCUT2D eigenvalue weighted by Gasteiger charge is -2.34. The summed E-state index contributed by atoms with van der Waals surface area (Å²) in [6.45, 7) is 0. The van der Waals surface area contributed by atoms with Crippen LogP contribution in [0.4, 0.5) is 0 Å². The number of halogens is 4. The number of aromatic hydroxyl groups is 2. The van der Waals surface area contributed by atoms with Crippen molar-refractivity contribution in [2.75, 3.05) is 0 Å². The second-order valence-corrected chi connectivity index (χ2v) is 9.30. The Bertz CT molecular complexity index is 1150. The minimum absolute atomic E-state index is 0.0395. The summed E-state index contributed by atoms with van der Waals surface area (Å²) in [4.78, 5) is 0. The molecule has 29 heavy (non-hydrogen) atoms. The van der Waals surface area contributed by atoms with Crippen LogP contribution in [0.15, 0.2) is 54.6 Å². The van der Waals surface area contributed by atoms with Gasteiger partial charge in [0.2, 0.25) is 0 Å². The van der Waals surface area contributed by atoms with Gasteiger partial charge in [-0.15, -0.1) is 0 Å². The minimum Gasteiger partial charge on any atom is -0.508 e. The number of hydrogen-bond donors (Lipinski definition) is 3. The molecule has 0 aliphatic heterocycles. The van der Waals surface area contributed by atoms with Crippen molar-refractivity contribution in [3.8, 4) is 11.5 Å². The highest BCUT2D eigenvalue weighted by Crippen LogP contribution is 2.54. The van der Waals surface area contributed by atoms with Crippen molar-refractivity contribution >= 4 is 56.5 Å². The van der Waals surface area contributed by atoms with Crippen molar-refractivity contribution in [2.24, 2.45) is 0 Å². The molecule has 0 aliphatic rings. The van der Waals surface area contributed by atoms with Gasteiger partial charge in [-0.05, 0) is 35.9 Å². The third kappa shape index (κ3) is 3.65. The van der Waals surface area contributed by atoms with Crippen LogP contribution in [0.2, 0.25) is 20.1 Å². The van der Waals surface area contributed by atoms with Crippen molar-refractivity contribution in [1.82, 2.24) is 0 Å². The lowest BCUT2D eigenvalue weighted by molar-refractivity contribution is 0.431. The molecule has 0 saturated heterocycles. The van der Waals surface area contributed by atoms with Crippen LogP contribution in [0.25, 0.3) is 0 Å². The van der Waals surface area contributed by atoms with Gasteiger partial charge in [0.05, 0.1) is 5.02 Å². The van der Waals surface area contributed by atoms with Crippen LogP contribution in [0.5, 0.6) is 11.5 Å². The fourth-order valence-electron chi connectivity index (χ4n) is 3.27. The number of hydrogen-bond acceptors (Lipinski definition) is 4. The Labute approximate surface area is 186 Å². The van der Waals surface area contributed by atoms with Crippen molar-refractivity contribution in [2.45, 2.75) is 4.75 Å². The highest BCUT2D eigenvalue weighted by atomic mass is 35.5. The van der Waals surface area contributed by atoms with Crippen LogP contribution >= 0.6 is 46.4 Å². The molecule has 3 aromatic carbocycles. The van der Waals surface area contributed by atoms with E-state index in [4.69, 9.17) is 46.4 Å². The van der Waals surface area contributed by atoms with Gasteiger partial charge in [0.25, 0.3) is 10.1 Å². The molecule has 1 atom stereocenters. The Morgan fingerprint density at radius 2 is 1.31 bits per heavy atom. The molecule has 152 valence electrons. The Hall–Kier alpha value is -1.67. The molecule has 3 N–H and O–H groups in total. The van der Waals surface area contributed by atoms with Crippen molar-refractivity contribution in [3.05, 3.63) is 91.4 Å². The average molecular weight is 494 g/mol. The second kappa shape index (κ2) is 7.87. The lowest BCUT2D eigenvalue weighted by Crippen LogP contribution is -2.39. The zero-order chi connectivity index (χ0) is 21.6. The Morgan fingerprint density at radius 3 is 1.79 bits per heavy atom. The molecule has 0 aromatic heterocycles. The van der Waals surface area contributed by atoms with Gasteiger partial charge in [0.15, 0.2) is 4.75 Å². The van der Waals surface area contributed by atoms with E-state index >= 15 is 0 Å². The maximum Gasteiger partial charge on any atom is 0.283 e. The molecule has 0 saturated carbocycles. The molecule has 0 spiro atoms. The zero-order valence-electron chi connectivity index (χ0n) is 14.3. The Kier molecular flexibility index (Phi) is 5.98. The number of phenolic OH excluding ortho intramolecular Hbond substituents is 2. The molecular weight excluding hydrogens is 482 g/mol. The largest absolute Gasteiger partial charge is 0.508 e. The van der Waals surface area contributed by atoms with Crippen LogP contribution in [0, 0.1) is 0 Å². The minimum atomic E-state index is -5.14. The average Bonchev–Trinajstić information content (AvgIpc) is 2.59. The highest BCUT2D eigenvalue weighted by molar-refractivity contribution is 7.87. The first-order valence-electron chi connectivity index (χ1n) is 7.89. The first kappa shape index (κ1) is 22.0. The van der Waals surface area contributed by atoms with Gasteiger partial charge < -0.3 is 10.2 Å². The van der Waals surface area contributed by atoms with E-state index in [1.54, 1.807) is 0 Å². The molecule has 0 bridgehead atoms. The van der Waals surface area contributed by atoms with E-state index in [2.05, 4.69) is 0 Å². The number of phenols is 2. The lowest BCUT2D eigenvalue weighted by atomic mass is 9.83. The molecule has 1 unspecified atom stereocenters. The number of benzene rings is 3. The molecule has 10 heteroatoms.